The number of aromatic amines is 1. The van der Waals surface area contributed by atoms with Crippen molar-refractivity contribution in [2.24, 2.45) is 10.7 Å². The molecule has 42 heavy (non-hydrogen) atoms. The van der Waals surface area contributed by atoms with Crippen LogP contribution in [0.15, 0.2) is 78.6 Å². The summed E-state index contributed by atoms with van der Waals surface area (Å²) >= 11 is 0. The molecule has 4 aromatic rings. The Kier molecular flexibility index (Phi) is 8.27. The Morgan fingerprint density at radius 1 is 1.19 bits per heavy atom. The lowest BCUT2D eigenvalue weighted by Gasteiger charge is -2.39. The molecule has 8 nitrogen and oxygen atoms in total. The molecule has 1 amide bonds. The molecular weight excluding hydrogens is 522 g/mol. The first-order valence-corrected chi connectivity index (χ1v) is 14.2. The summed E-state index contributed by atoms with van der Waals surface area (Å²) in [4.78, 5) is 30.0. The SMILES string of the molecule is C=CC(=O)Nc1cc(-c2c(-c3ccc(N4CCN(C)[C@H](C)C4)cc3)[nH]c3ncc(C(/C=C\N)=NC)c(C)c23)ccc1C.[HH].[HH]. The number of aryl methyl sites for hydroxylation is 2. The molecule has 0 unspecified atom stereocenters. The highest BCUT2D eigenvalue weighted by molar-refractivity contribution is 6.14. The van der Waals surface area contributed by atoms with E-state index >= 15 is 0 Å². The highest BCUT2D eigenvalue weighted by Crippen LogP contribution is 2.41. The van der Waals surface area contributed by atoms with Gasteiger partial charge in [0.15, 0.2) is 0 Å². The fourth-order valence-electron chi connectivity index (χ4n) is 5.67. The molecule has 2 aromatic carbocycles. The van der Waals surface area contributed by atoms with E-state index in [2.05, 4.69) is 82.9 Å². The number of anilines is 2. The van der Waals surface area contributed by atoms with Crippen molar-refractivity contribution in [1.82, 2.24) is 14.9 Å². The number of nitrogens with one attached hydrogen (secondary N) is 2. The van der Waals surface area contributed by atoms with Crippen LogP contribution < -0.4 is 16.0 Å². The number of benzene rings is 2. The van der Waals surface area contributed by atoms with Gasteiger partial charge >= 0.3 is 0 Å². The van der Waals surface area contributed by atoms with Crippen LogP contribution in [0.25, 0.3) is 33.4 Å². The van der Waals surface area contributed by atoms with Crippen molar-refractivity contribution in [1.29, 1.82) is 0 Å². The second-order valence-corrected chi connectivity index (χ2v) is 10.9. The minimum absolute atomic E-state index is 0. The first kappa shape index (κ1) is 28.8. The van der Waals surface area contributed by atoms with E-state index in [0.717, 1.165) is 81.1 Å². The molecule has 3 heterocycles. The highest BCUT2D eigenvalue weighted by atomic mass is 16.1. The largest absolute Gasteiger partial charge is 0.405 e. The van der Waals surface area contributed by atoms with Crippen molar-refractivity contribution in [3.8, 4) is 22.4 Å². The summed E-state index contributed by atoms with van der Waals surface area (Å²) in [5, 5.41) is 3.95. The van der Waals surface area contributed by atoms with Gasteiger partial charge in [-0.15, -0.1) is 0 Å². The molecule has 5 rings (SSSR count). The number of likely N-dealkylation sites (N-methyl/N-ethyl adjacent to an activating group) is 1. The maximum absolute atomic E-state index is 12.2. The zero-order chi connectivity index (χ0) is 30.0. The molecule has 0 radical (unpaired) electrons. The summed E-state index contributed by atoms with van der Waals surface area (Å²) in [5.74, 6) is -0.249. The number of hydrogen-bond donors (Lipinski definition) is 3. The lowest BCUT2D eigenvalue weighted by Crippen LogP contribution is -2.50. The van der Waals surface area contributed by atoms with Gasteiger partial charge in [-0.25, -0.2) is 4.98 Å². The number of allylic oxidation sites excluding steroid dienone is 1. The van der Waals surface area contributed by atoms with Gasteiger partial charge < -0.3 is 25.8 Å². The van der Waals surface area contributed by atoms with E-state index in [1.54, 1.807) is 13.1 Å². The number of fused-ring (bicyclic) bond motifs is 1. The summed E-state index contributed by atoms with van der Waals surface area (Å²) in [6.07, 6.45) is 6.40. The van der Waals surface area contributed by atoms with Gasteiger partial charge in [0.05, 0.1) is 11.4 Å². The number of nitrogens with zero attached hydrogens (tertiary/aromatic N) is 4. The molecule has 1 aliphatic heterocycles. The molecular formula is C34H43N7O. The monoisotopic (exact) mass is 565 g/mol. The summed E-state index contributed by atoms with van der Waals surface area (Å²) in [5.41, 5.74) is 16.1. The lowest BCUT2D eigenvalue weighted by molar-refractivity contribution is -0.111. The molecule has 0 spiro atoms. The van der Waals surface area contributed by atoms with E-state index < -0.39 is 0 Å². The fraction of sp³-hybridized carbons (Fsp3) is 0.265. The Bertz CT molecular complexity index is 1710. The first-order valence-electron chi connectivity index (χ1n) is 14.2. The van der Waals surface area contributed by atoms with Gasteiger partial charge in [0.25, 0.3) is 0 Å². The van der Waals surface area contributed by atoms with E-state index in [-0.39, 0.29) is 8.76 Å². The summed E-state index contributed by atoms with van der Waals surface area (Å²) in [6.45, 7) is 13.0. The summed E-state index contributed by atoms with van der Waals surface area (Å²) < 4.78 is 0. The minimum Gasteiger partial charge on any atom is -0.405 e. The van der Waals surface area contributed by atoms with Crippen LogP contribution in [0.2, 0.25) is 0 Å². The average Bonchev–Trinajstić information content (AvgIpc) is 3.39. The second kappa shape index (κ2) is 12.0. The van der Waals surface area contributed by atoms with Gasteiger partial charge in [0.1, 0.15) is 5.65 Å². The molecule has 1 atom stereocenters. The predicted molar refractivity (Wildman–Crippen MR) is 180 cm³/mol. The zero-order valence-electron chi connectivity index (χ0n) is 25.0. The van der Waals surface area contributed by atoms with E-state index in [0.29, 0.717) is 6.04 Å². The van der Waals surface area contributed by atoms with Crippen molar-refractivity contribution < 1.29 is 7.65 Å². The third-order valence-electron chi connectivity index (χ3n) is 8.30. The molecule has 8 heteroatoms. The van der Waals surface area contributed by atoms with Crippen LogP contribution in [0.1, 0.15) is 26.5 Å². The maximum atomic E-state index is 12.2. The minimum atomic E-state index is -0.249. The summed E-state index contributed by atoms with van der Waals surface area (Å²) in [7, 11) is 3.94. The topological polar surface area (TPSA) is 103 Å². The van der Waals surface area contributed by atoms with Crippen molar-refractivity contribution in [2.75, 3.05) is 43.9 Å². The first-order chi connectivity index (χ1) is 20.2. The number of pyridine rings is 1. The zero-order valence-corrected chi connectivity index (χ0v) is 25.0. The normalized spacial score (nSPS) is 16.4. The van der Waals surface area contributed by atoms with Crippen molar-refractivity contribution >= 4 is 34.0 Å². The highest BCUT2D eigenvalue weighted by Gasteiger charge is 2.23. The van der Waals surface area contributed by atoms with Gasteiger partial charge in [-0.2, -0.15) is 0 Å². The van der Waals surface area contributed by atoms with E-state index in [9.17, 15) is 4.79 Å². The third kappa shape index (κ3) is 5.45. The Morgan fingerprint density at radius 2 is 1.93 bits per heavy atom. The van der Waals surface area contributed by atoms with Crippen LogP contribution in [0.4, 0.5) is 11.4 Å². The smallest absolute Gasteiger partial charge is 0.247 e. The van der Waals surface area contributed by atoms with Crippen LogP contribution in [0, 0.1) is 13.8 Å². The van der Waals surface area contributed by atoms with Crippen molar-refractivity contribution in [3.63, 3.8) is 0 Å². The van der Waals surface area contributed by atoms with Gasteiger partial charge in [-0.3, -0.25) is 9.79 Å². The molecule has 2 aromatic heterocycles. The average molecular weight is 566 g/mol. The van der Waals surface area contributed by atoms with Crippen LogP contribution in [-0.4, -0.2) is 66.3 Å². The summed E-state index contributed by atoms with van der Waals surface area (Å²) in [6, 6.07) is 15.4. The standard InChI is InChI=1S/C34H39N7O.2H2/c1-7-30(42)38-29-18-25(9-8-21(29)2)32-31-23(4)27(28(36-5)14-15-35)19-37-34(31)39-33(32)24-10-12-26(13-11-24)41-17-16-40(6)22(3)20-41;;/h7-15,18-19,22H,1,16-17,20,35H2,2-6H3,(H,37,39)(H,38,42);2*1H/b15-14-,36-28?;;/t22-;;/m1../s1. The molecule has 220 valence electrons. The van der Waals surface area contributed by atoms with Crippen LogP contribution in [0.5, 0.6) is 0 Å². The molecule has 1 saturated heterocycles. The van der Waals surface area contributed by atoms with Crippen LogP contribution >= 0.6 is 0 Å². The molecule has 0 saturated carbocycles. The number of amides is 1. The number of piperazine rings is 1. The van der Waals surface area contributed by atoms with Gasteiger partial charge in [0.2, 0.25) is 5.91 Å². The van der Waals surface area contributed by atoms with Crippen molar-refractivity contribution in [2.45, 2.75) is 26.8 Å². The van der Waals surface area contributed by atoms with Crippen LogP contribution in [0.3, 0.4) is 0 Å². The fourth-order valence-corrected chi connectivity index (χ4v) is 5.67. The van der Waals surface area contributed by atoms with Crippen LogP contribution in [-0.2, 0) is 4.79 Å². The van der Waals surface area contributed by atoms with Gasteiger partial charge in [0, 0.05) is 69.7 Å². The van der Waals surface area contributed by atoms with E-state index in [1.165, 1.54) is 18.0 Å². The number of carbonyl (C=O) groups is 1. The Labute approximate surface area is 250 Å². The quantitative estimate of drug-likeness (QED) is 0.184. The Hall–Kier alpha value is -4.69. The number of hydrogen-bond acceptors (Lipinski definition) is 6. The maximum Gasteiger partial charge on any atom is 0.247 e. The van der Waals surface area contributed by atoms with Crippen molar-refractivity contribution in [3.05, 3.63) is 90.3 Å². The van der Waals surface area contributed by atoms with E-state index in [1.807, 2.05) is 25.3 Å². The number of carbonyl (C=O) groups excluding carboxylic acids is 1. The number of aromatic nitrogens is 2. The van der Waals surface area contributed by atoms with Gasteiger partial charge in [-0.05, 0) is 86.6 Å². The lowest BCUT2D eigenvalue weighted by atomic mass is 9.93. The second-order valence-electron chi connectivity index (χ2n) is 10.9. The number of rotatable bonds is 7. The molecule has 0 aliphatic carbocycles. The Balaban J connectivity index is 0.00000264. The molecule has 0 bridgehead atoms. The van der Waals surface area contributed by atoms with E-state index in [4.69, 9.17) is 10.7 Å². The number of aliphatic imine (C=N–C) groups is 1. The third-order valence-corrected chi connectivity index (χ3v) is 8.30. The predicted octanol–water partition coefficient (Wildman–Crippen LogP) is 6.16. The Morgan fingerprint density at radius 3 is 2.60 bits per heavy atom. The molecule has 4 N–H and O–H groups in total. The molecule has 1 aliphatic rings. The number of nitrogens with two attached hydrogens (primary N) is 1. The number of H-pyrrole nitrogens is 1. The molecule has 1 fully saturated rings. The van der Waals surface area contributed by atoms with Gasteiger partial charge in [-0.1, -0.05) is 30.8 Å².